The Hall–Kier alpha value is -0.570. The first-order valence-corrected chi connectivity index (χ1v) is 15.6. The van der Waals surface area contributed by atoms with Crippen molar-refractivity contribution in [3.8, 4) is 0 Å². The summed E-state index contributed by atoms with van der Waals surface area (Å²) in [5.41, 5.74) is 0. The maximum absolute atomic E-state index is 11.4. The standard InChI is InChI=1S/C31H63NO2/c1-4-7-9-11-13-15-17-19-21-23-25-27-32(30(6-3)29-31(33)34)28-26-24-22-20-18-16-14-12-10-8-5-2/h30H,4-29H2,1-3H3,(H,33,34). The Morgan fingerprint density at radius 2 is 0.824 bits per heavy atom. The molecule has 0 spiro atoms. The first-order chi connectivity index (χ1) is 16.7. The maximum Gasteiger partial charge on any atom is 0.304 e. The molecule has 0 saturated heterocycles. The normalized spacial score (nSPS) is 12.5. The molecule has 0 aromatic carbocycles. The van der Waals surface area contributed by atoms with E-state index < -0.39 is 5.97 Å². The SMILES string of the molecule is CCCCCCCCCCCCCN(CCCCCCCCCCCCC)C(CC)CC(=O)O. The van der Waals surface area contributed by atoms with Gasteiger partial charge in [0.05, 0.1) is 6.42 Å². The average Bonchev–Trinajstić information content (AvgIpc) is 2.83. The van der Waals surface area contributed by atoms with Crippen LogP contribution in [-0.2, 0) is 4.79 Å². The van der Waals surface area contributed by atoms with Gasteiger partial charge in [-0.05, 0) is 32.4 Å². The molecule has 0 heterocycles. The van der Waals surface area contributed by atoms with Crippen molar-refractivity contribution in [1.29, 1.82) is 0 Å². The minimum Gasteiger partial charge on any atom is -0.481 e. The van der Waals surface area contributed by atoms with E-state index in [4.69, 9.17) is 0 Å². The number of unbranched alkanes of at least 4 members (excludes halogenated alkanes) is 20. The zero-order chi connectivity index (χ0) is 25.1. The van der Waals surface area contributed by atoms with Gasteiger partial charge in [-0.3, -0.25) is 9.69 Å². The van der Waals surface area contributed by atoms with E-state index in [1.165, 1.54) is 141 Å². The van der Waals surface area contributed by atoms with Crippen LogP contribution in [0.1, 0.15) is 175 Å². The van der Waals surface area contributed by atoms with Crippen molar-refractivity contribution in [1.82, 2.24) is 4.90 Å². The predicted molar refractivity (Wildman–Crippen MR) is 151 cm³/mol. The summed E-state index contributed by atoms with van der Waals surface area (Å²) in [5, 5.41) is 9.36. The van der Waals surface area contributed by atoms with Crippen LogP contribution in [0.4, 0.5) is 0 Å². The zero-order valence-electron chi connectivity index (χ0n) is 23.8. The van der Waals surface area contributed by atoms with E-state index in [9.17, 15) is 9.90 Å². The van der Waals surface area contributed by atoms with Crippen LogP contribution < -0.4 is 0 Å². The molecule has 0 bridgehead atoms. The van der Waals surface area contributed by atoms with E-state index in [-0.39, 0.29) is 6.04 Å². The summed E-state index contributed by atoms with van der Waals surface area (Å²) >= 11 is 0. The molecule has 1 atom stereocenters. The van der Waals surface area contributed by atoms with Gasteiger partial charge in [0.2, 0.25) is 0 Å². The quantitative estimate of drug-likeness (QED) is 0.113. The van der Waals surface area contributed by atoms with E-state index in [1.807, 2.05) is 0 Å². The number of rotatable bonds is 28. The summed E-state index contributed by atoms with van der Waals surface area (Å²) in [6.45, 7) is 8.88. The molecule has 0 radical (unpaired) electrons. The Morgan fingerprint density at radius 1 is 0.529 bits per heavy atom. The second-order valence-electron chi connectivity index (χ2n) is 10.8. The lowest BCUT2D eigenvalue weighted by Crippen LogP contribution is -2.38. The van der Waals surface area contributed by atoms with Crippen LogP contribution in [0.25, 0.3) is 0 Å². The summed E-state index contributed by atoms with van der Waals surface area (Å²) in [4.78, 5) is 13.9. The largest absolute Gasteiger partial charge is 0.481 e. The molecule has 0 aliphatic rings. The van der Waals surface area contributed by atoms with Crippen molar-refractivity contribution in [2.45, 2.75) is 181 Å². The van der Waals surface area contributed by atoms with Crippen molar-refractivity contribution in [2.24, 2.45) is 0 Å². The van der Waals surface area contributed by atoms with Gasteiger partial charge in [-0.25, -0.2) is 0 Å². The number of aliphatic carboxylic acids is 1. The Morgan fingerprint density at radius 3 is 1.09 bits per heavy atom. The Bertz CT molecular complexity index is 386. The molecule has 0 rings (SSSR count). The highest BCUT2D eigenvalue weighted by Crippen LogP contribution is 2.16. The van der Waals surface area contributed by atoms with E-state index in [0.717, 1.165) is 19.5 Å². The van der Waals surface area contributed by atoms with Crippen LogP contribution in [0.2, 0.25) is 0 Å². The van der Waals surface area contributed by atoms with E-state index in [2.05, 4.69) is 25.7 Å². The third kappa shape index (κ3) is 23.2. The molecule has 0 fully saturated rings. The second kappa shape index (κ2) is 27.0. The first-order valence-electron chi connectivity index (χ1n) is 15.6. The van der Waals surface area contributed by atoms with Crippen LogP contribution >= 0.6 is 0 Å². The lowest BCUT2D eigenvalue weighted by atomic mass is 10.0. The minimum absolute atomic E-state index is 0.212. The molecule has 0 saturated carbocycles. The van der Waals surface area contributed by atoms with Crippen LogP contribution in [0.5, 0.6) is 0 Å². The first kappa shape index (κ1) is 33.4. The molecular weight excluding hydrogens is 418 g/mol. The van der Waals surface area contributed by atoms with Crippen molar-refractivity contribution in [2.75, 3.05) is 13.1 Å². The van der Waals surface area contributed by atoms with Gasteiger partial charge in [-0.1, -0.05) is 149 Å². The molecule has 3 heteroatoms. The second-order valence-corrected chi connectivity index (χ2v) is 10.8. The van der Waals surface area contributed by atoms with Gasteiger partial charge in [0.1, 0.15) is 0 Å². The lowest BCUT2D eigenvalue weighted by Gasteiger charge is -2.30. The molecule has 0 aromatic rings. The van der Waals surface area contributed by atoms with E-state index in [1.54, 1.807) is 0 Å². The fourth-order valence-electron chi connectivity index (χ4n) is 5.17. The molecule has 0 aliphatic heterocycles. The minimum atomic E-state index is -0.644. The Labute approximate surface area is 214 Å². The van der Waals surface area contributed by atoms with Crippen molar-refractivity contribution >= 4 is 5.97 Å². The van der Waals surface area contributed by atoms with Gasteiger partial charge in [0, 0.05) is 6.04 Å². The number of carboxylic acids is 1. The van der Waals surface area contributed by atoms with Crippen molar-refractivity contribution in [3.05, 3.63) is 0 Å². The third-order valence-electron chi connectivity index (χ3n) is 7.50. The monoisotopic (exact) mass is 481 g/mol. The molecule has 204 valence electrons. The summed E-state index contributed by atoms with van der Waals surface area (Å²) in [7, 11) is 0. The molecule has 0 amide bonds. The van der Waals surface area contributed by atoms with Gasteiger partial charge >= 0.3 is 5.97 Å². The van der Waals surface area contributed by atoms with Gasteiger partial charge in [0.25, 0.3) is 0 Å². The van der Waals surface area contributed by atoms with Crippen LogP contribution in [0, 0.1) is 0 Å². The predicted octanol–water partition coefficient (Wildman–Crippen LogP) is 10.2. The molecule has 1 N–H and O–H groups in total. The molecule has 34 heavy (non-hydrogen) atoms. The van der Waals surface area contributed by atoms with Gasteiger partial charge in [-0.15, -0.1) is 0 Å². The van der Waals surface area contributed by atoms with Crippen LogP contribution in [0.15, 0.2) is 0 Å². The molecule has 1 unspecified atom stereocenters. The van der Waals surface area contributed by atoms with Crippen molar-refractivity contribution in [3.63, 3.8) is 0 Å². The third-order valence-corrected chi connectivity index (χ3v) is 7.50. The fourth-order valence-corrected chi connectivity index (χ4v) is 5.17. The van der Waals surface area contributed by atoms with Crippen LogP contribution in [-0.4, -0.2) is 35.1 Å². The smallest absolute Gasteiger partial charge is 0.304 e. The Kier molecular flexibility index (Phi) is 26.6. The molecule has 0 aliphatic carbocycles. The van der Waals surface area contributed by atoms with E-state index >= 15 is 0 Å². The molecule has 0 aromatic heterocycles. The van der Waals surface area contributed by atoms with Crippen LogP contribution in [0.3, 0.4) is 0 Å². The molecular formula is C31H63NO2. The summed E-state index contributed by atoms with van der Waals surface area (Å²) < 4.78 is 0. The lowest BCUT2D eigenvalue weighted by molar-refractivity contribution is -0.138. The van der Waals surface area contributed by atoms with Gasteiger partial charge < -0.3 is 5.11 Å². The average molecular weight is 482 g/mol. The highest BCUT2D eigenvalue weighted by Gasteiger charge is 2.19. The van der Waals surface area contributed by atoms with Gasteiger partial charge in [0.15, 0.2) is 0 Å². The fraction of sp³-hybridized carbons (Fsp3) is 0.968. The zero-order valence-corrected chi connectivity index (χ0v) is 23.8. The number of nitrogens with zero attached hydrogens (tertiary/aromatic N) is 1. The molecule has 3 nitrogen and oxygen atoms in total. The maximum atomic E-state index is 11.4. The van der Waals surface area contributed by atoms with E-state index in [0.29, 0.717) is 6.42 Å². The summed E-state index contributed by atoms with van der Waals surface area (Å²) in [6, 6.07) is 0.212. The number of hydrogen-bond acceptors (Lipinski definition) is 2. The topological polar surface area (TPSA) is 40.5 Å². The highest BCUT2D eigenvalue weighted by atomic mass is 16.4. The number of carboxylic acid groups (broad SMARTS) is 1. The highest BCUT2D eigenvalue weighted by molar-refractivity contribution is 5.67. The van der Waals surface area contributed by atoms with Crippen molar-refractivity contribution < 1.29 is 9.90 Å². The Balaban J connectivity index is 3.94. The van der Waals surface area contributed by atoms with Gasteiger partial charge in [-0.2, -0.15) is 0 Å². The summed E-state index contributed by atoms with van der Waals surface area (Å²) in [5.74, 6) is -0.644. The number of carbonyl (C=O) groups is 1. The number of hydrogen-bond donors (Lipinski definition) is 1. The summed E-state index contributed by atoms with van der Waals surface area (Å²) in [6.07, 6.45) is 31.3.